The average Bonchev–Trinajstić information content (AvgIpc) is 2.15. The van der Waals surface area contributed by atoms with Crippen molar-refractivity contribution in [2.24, 2.45) is 5.84 Å². The van der Waals surface area contributed by atoms with Gasteiger partial charge in [0.1, 0.15) is 5.82 Å². The van der Waals surface area contributed by atoms with Gasteiger partial charge in [-0.25, -0.2) is 15.8 Å². The van der Waals surface area contributed by atoms with Crippen LogP contribution in [-0.2, 0) is 0 Å². The normalized spacial score (nSPS) is 10.5. The molecular weight excluding hydrogens is 200 g/mol. The van der Waals surface area contributed by atoms with Gasteiger partial charge in [0, 0.05) is 10.4 Å². The Morgan fingerprint density at radius 2 is 2.14 bits per heavy atom. The third-order valence-electron chi connectivity index (χ3n) is 1.91. The highest BCUT2D eigenvalue weighted by molar-refractivity contribution is 6.31. The van der Waals surface area contributed by atoms with Crippen molar-refractivity contribution in [3.8, 4) is 0 Å². The fourth-order valence-corrected chi connectivity index (χ4v) is 1.50. The van der Waals surface area contributed by atoms with Crippen molar-refractivity contribution in [2.45, 2.75) is 6.92 Å². The molecule has 0 atom stereocenters. The summed E-state index contributed by atoms with van der Waals surface area (Å²) in [5.74, 6) is 6.62. The summed E-state index contributed by atoms with van der Waals surface area (Å²) in [4.78, 5) is 8.41. The molecule has 2 rings (SSSR count). The van der Waals surface area contributed by atoms with Gasteiger partial charge in [0.05, 0.1) is 5.52 Å². The number of nitrogens with zero attached hydrogens (tertiary/aromatic N) is 2. The molecule has 4 nitrogen and oxygen atoms in total. The fraction of sp³-hybridized carbons (Fsp3) is 0.111. The minimum Gasteiger partial charge on any atom is -0.308 e. The van der Waals surface area contributed by atoms with Crippen molar-refractivity contribution in [1.82, 2.24) is 9.97 Å². The van der Waals surface area contributed by atoms with Crippen LogP contribution in [0.2, 0.25) is 5.02 Å². The van der Waals surface area contributed by atoms with Crippen LogP contribution in [0.25, 0.3) is 10.9 Å². The van der Waals surface area contributed by atoms with Crippen molar-refractivity contribution in [1.29, 1.82) is 0 Å². The Labute approximate surface area is 86.1 Å². The van der Waals surface area contributed by atoms with Gasteiger partial charge in [0.25, 0.3) is 0 Å². The van der Waals surface area contributed by atoms with Gasteiger partial charge in [-0.2, -0.15) is 0 Å². The molecule has 0 fully saturated rings. The molecule has 1 aromatic heterocycles. The van der Waals surface area contributed by atoms with Gasteiger partial charge in [-0.1, -0.05) is 11.6 Å². The highest BCUT2D eigenvalue weighted by atomic mass is 35.5. The number of nitrogens with one attached hydrogen (secondary N) is 1. The van der Waals surface area contributed by atoms with E-state index < -0.39 is 0 Å². The molecule has 0 amide bonds. The van der Waals surface area contributed by atoms with Crippen LogP contribution in [0.4, 0.5) is 5.82 Å². The third kappa shape index (κ3) is 1.49. The number of hydrogen-bond acceptors (Lipinski definition) is 4. The number of aryl methyl sites for hydroxylation is 1. The van der Waals surface area contributed by atoms with E-state index in [-0.39, 0.29) is 0 Å². The number of hydrazine groups is 1. The van der Waals surface area contributed by atoms with Crippen LogP contribution in [-0.4, -0.2) is 9.97 Å². The minimum absolute atomic E-state index is 0.615. The molecule has 0 unspecified atom stereocenters. The van der Waals surface area contributed by atoms with Crippen LogP contribution < -0.4 is 11.3 Å². The molecule has 0 saturated carbocycles. The number of nitrogen functional groups attached to an aromatic ring is 1. The Morgan fingerprint density at radius 1 is 1.36 bits per heavy atom. The number of nitrogens with two attached hydrogens (primary N) is 1. The van der Waals surface area contributed by atoms with Gasteiger partial charge in [-0.05, 0) is 25.1 Å². The molecule has 0 bridgehead atoms. The first-order valence-corrected chi connectivity index (χ1v) is 4.49. The Balaban J connectivity index is 2.81. The Hall–Kier alpha value is -1.39. The minimum atomic E-state index is 0.615. The smallest absolute Gasteiger partial charge is 0.151 e. The number of anilines is 1. The predicted octanol–water partition coefficient (Wildman–Crippen LogP) is 1.88. The van der Waals surface area contributed by atoms with Crippen molar-refractivity contribution < 1.29 is 0 Å². The summed E-state index contributed by atoms with van der Waals surface area (Å²) >= 11 is 5.85. The molecule has 0 aliphatic heterocycles. The Bertz CT molecular complexity index is 478. The lowest BCUT2D eigenvalue weighted by molar-refractivity contribution is 1.08. The van der Waals surface area contributed by atoms with Crippen LogP contribution in [0, 0.1) is 6.92 Å². The lowest BCUT2D eigenvalue weighted by Gasteiger charge is -2.05. The molecule has 0 radical (unpaired) electrons. The summed E-state index contributed by atoms with van der Waals surface area (Å²) in [6.07, 6.45) is 0. The maximum Gasteiger partial charge on any atom is 0.151 e. The molecule has 0 spiro atoms. The zero-order chi connectivity index (χ0) is 10.1. The summed E-state index contributed by atoms with van der Waals surface area (Å²) in [5, 5.41) is 1.51. The first-order valence-electron chi connectivity index (χ1n) is 4.11. The second-order valence-electron chi connectivity index (χ2n) is 2.93. The SMILES string of the molecule is Cc1nc(NN)c2ccc(Cl)cc2n1. The zero-order valence-corrected chi connectivity index (χ0v) is 8.34. The van der Waals surface area contributed by atoms with E-state index in [1.807, 2.05) is 6.07 Å². The summed E-state index contributed by atoms with van der Waals surface area (Å²) in [7, 11) is 0. The lowest BCUT2D eigenvalue weighted by atomic mass is 10.2. The molecule has 2 aromatic rings. The molecule has 1 heterocycles. The molecule has 5 heteroatoms. The van der Waals surface area contributed by atoms with E-state index in [1.54, 1.807) is 19.1 Å². The van der Waals surface area contributed by atoms with Crippen LogP contribution in [0.1, 0.15) is 5.82 Å². The molecule has 1 aromatic carbocycles. The molecule has 72 valence electrons. The van der Waals surface area contributed by atoms with E-state index >= 15 is 0 Å². The Morgan fingerprint density at radius 3 is 2.86 bits per heavy atom. The van der Waals surface area contributed by atoms with Gasteiger partial charge in [-0.15, -0.1) is 0 Å². The first-order chi connectivity index (χ1) is 6.70. The number of benzene rings is 1. The molecule has 0 aliphatic carbocycles. The third-order valence-corrected chi connectivity index (χ3v) is 2.14. The predicted molar refractivity (Wildman–Crippen MR) is 57.1 cm³/mol. The summed E-state index contributed by atoms with van der Waals surface area (Å²) in [6.45, 7) is 1.81. The maximum atomic E-state index is 5.85. The molecule has 0 aliphatic rings. The fourth-order valence-electron chi connectivity index (χ4n) is 1.33. The van der Waals surface area contributed by atoms with E-state index in [4.69, 9.17) is 17.4 Å². The van der Waals surface area contributed by atoms with Gasteiger partial charge in [0.15, 0.2) is 5.82 Å². The standard InChI is InChI=1S/C9H9ClN4/c1-5-12-8-4-6(10)2-3-7(8)9(13-5)14-11/h2-4H,11H2,1H3,(H,12,13,14). The highest BCUT2D eigenvalue weighted by Gasteiger charge is 2.04. The van der Waals surface area contributed by atoms with Crippen molar-refractivity contribution in [3.63, 3.8) is 0 Å². The topological polar surface area (TPSA) is 63.8 Å². The van der Waals surface area contributed by atoms with Crippen LogP contribution in [0.15, 0.2) is 18.2 Å². The lowest BCUT2D eigenvalue weighted by Crippen LogP contribution is -2.10. The van der Waals surface area contributed by atoms with E-state index in [9.17, 15) is 0 Å². The number of hydrogen-bond donors (Lipinski definition) is 2. The largest absolute Gasteiger partial charge is 0.308 e. The Kier molecular flexibility index (Phi) is 2.23. The second-order valence-corrected chi connectivity index (χ2v) is 3.36. The number of rotatable bonds is 1. The van der Waals surface area contributed by atoms with Crippen LogP contribution >= 0.6 is 11.6 Å². The van der Waals surface area contributed by atoms with Gasteiger partial charge < -0.3 is 5.43 Å². The van der Waals surface area contributed by atoms with Gasteiger partial charge in [0.2, 0.25) is 0 Å². The molecule has 14 heavy (non-hydrogen) atoms. The number of halogens is 1. The summed E-state index contributed by atoms with van der Waals surface area (Å²) in [5.41, 5.74) is 3.33. The van der Waals surface area contributed by atoms with Crippen molar-refractivity contribution >= 4 is 28.3 Å². The highest BCUT2D eigenvalue weighted by Crippen LogP contribution is 2.22. The first kappa shape index (κ1) is 9.18. The quantitative estimate of drug-likeness (QED) is 0.555. The number of fused-ring (bicyclic) bond motifs is 1. The van der Waals surface area contributed by atoms with Crippen molar-refractivity contribution in [2.75, 3.05) is 5.43 Å². The van der Waals surface area contributed by atoms with Crippen LogP contribution in [0.3, 0.4) is 0 Å². The molecular formula is C9H9ClN4. The van der Waals surface area contributed by atoms with Crippen LogP contribution in [0.5, 0.6) is 0 Å². The van der Waals surface area contributed by atoms with E-state index in [1.165, 1.54) is 0 Å². The summed E-state index contributed by atoms with van der Waals surface area (Å²) in [6, 6.07) is 5.40. The summed E-state index contributed by atoms with van der Waals surface area (Å²) < 4.78 is 0. The maximum absolute atomic E-state index is 5.85. The zero-order valence-electron chi connectivity index (χ0n) is 7.58. The number of aromatic nitrogens is 2. The van der Waals surface area contributed by atoms with Gasteiger partial charge in [-0.3, -0.25) is 0 Å². The van der Waals surface area contributed by atoms with E-state index in [2.05, 4.69) is 15.4 Å². The average molecular weight is 209 g/mol. The molecule has 0 saturated heterocycles. The monoisotopic (exact) mass is 208 g/mol. The van der Waals surface area contributed by atoms with Gasteiger partial charge >= 0.3 is 0 Å². The van der Waals surface area contributed by atoms with Crippen molar-refractivity contribution in [3.05, 3.63) is 29.0 Å². The van der Waals surface area contributed by atoms with E-state index in [0.717, 1.165) is 10.9 Å². The second kappa shape index (κ2) is 3.40. The molecule has 3 N–H and O–H groups in total. The van der Waals surface area contributed by atoms with E-state index in [0.29, 0.717) is 16.7 Å².